The van der Waals surface area contributed by atoms with E-state index in [2.05, 4.69) is 24.4 Å². The van der Waals surface area contributed by atoms with Gasteiger partial charge in [-0.2, -0.15) is 0 Å². The molecule has 0 aliphatic rings. The lowest BCUT2D eigenvalue weighted by atomic mass is 10.2. The molecule has 24 heavy (non-hydrogen) atoms. The van der Waals surface area contributed by atoms with Crippen LogP contribution in [-0.2, 0) is 18.3 Å². The summed E-state index contributed by atoms with van der Waals surface area (Å²) in [6.07, 6.45) is 2.72. The molecule has 0 saturated heterocycles. The van der Waals surface area contributed by atoms with Gasteiger partial charge in [0.25, 0.3) is 0 Å². The minimum Gasteiger partial charge on any atom is -0.395 e. The van der Waals surface area contributed by atoms with Crippen molar-refractivity contribution in [3.63, 3.8) is 0 Å². The number of benzene rings is 1. The second kappa shape index (κ2) is 10.2. The molecular formula is C18H33NO4Si. The van der Waals surface area contributed by atoms with Crippen molar-refractivity contribution >= 4 is 14.2 Å². The van der Waals surface area contributed by atoms with E-state index in [4.69, 9.17) is 18.3 Å². The topological polar surface area (TPSA) is 49.0 Å². The Morgan fingerprint density at radius 2 is 1.75 bits per heavy atom. The highest BCUT2D eigenvalue weighted by Gasteiger charge is 2.55. The number of methoxy groups -OCH3 is 2. The average molecular weight is 356 g/mol. The molecule has 0 saturated carbocycles. The molecule has 1 aromatic rings. The van der Waals surface area contributed by atoms with Crippen LogP contribution in [0.2, 0.25) is 6.55 Å². The molecule has 0 aliphatic carbocycles. The monoisotopic (exact) mass is 355 g/mol. The lowest BCUT2D eigenvalue weighted by Crippen LogP contribution is -2.63. The Morgan fingerprint density at radius 3 is 2.25 bits per heavy atom. The van der Waals surface area contributed by atoms with Crippen molar-refractivity contribution in [3.05, 3.63) is 30.3 Å². The van der Waals surface area contributed by atoms with Crippen LogP contribution in [0.25, 0.3) is 0 Å². The standard InChI is InChI=1S/C18H33NO4Si/c1-7-18(20-3,21-4)24(6,22-5)23-16(2)12-11-15-19-17-13-9-8-10-14-17/h8-10,13-14,16,19H,7,11-12,15H2,1-6H3. The van der Waals surface area contributed by atoms with Crippen LogP contribution >= 0.6 is 0 Å². The highest BCUT2D eigenvalue weighted by atomic mass is 28.4. The van der Waals surface area contributed by atoms with E-state index in [1.165, 1.54) is 0 Å². The molecule has 6 heteroatoms. The van der Waals surface area contributed by atoms with Gasteiger partial charge >= 0.3 is 8.56 Å². The van der Waals surface area contributed by atoms with Crippen molar-refractivity contribution in [3.8, 4) is 0 Å². The minimum absolute atomic E-state index is 0.0791. The van der Waals surface area contributed by atoms with Crippen LogP contribution in [0.5, 0.6) is 0 Å². The quantitative estimate of drug-likeness (QED) is 0.350. The van der Waals surface area contributed by atoms with E-state index in [9.17, 15) is 0 Å². The van der Waals surface area contributed by atoms with Crippen LogP contribution in [-0.4, -0.2) is 47.9 Å². The Balaban J connectivity index is 2.50. The predicted molar refractivity (Wildman–Crippen MR) is 100 cm³/mol. The fourth-order valence-corrected chi connectivity index (χ4v) is 5.83. The molecule has 0 heterocycles. The highest BCUT2D eigenvalue weighted by Crippen LogP contribution is 2.32. The van der Waals surface area contributed by atoms with Gasteiger partial charge in [-0.05, 0) is 38.4 Å². The first kappa shape index (κ1) is 21.1. The largest absolute Gasteiger partial charge is 0.396 e. The van der Waals surface area contributed by atoms with Crippen molar-refractivity contribution in [2.45, 2.75) is 51.2 Å². The van der Waals surface area contributed by atoms with Crippen LogP contribution in [0.3, 0.4) is 0 Å². The molecule has 2 atom stereocenters. The van der Waals surface area contributed by atoms with Gasteiger partial charge in [-0.25, -0.2) is 0 Å². The zero-order valence-corrected chi connectivity index (χ0v) is 16.9. The molecule has 1 aromatic carbocycles. The average Bonchev–Trinajstić information content (AvgIpc) is 2.61. The van der Waals surface area contributed by atoms with Crippen LogP contribution in [0.1, 0.15) is 33.1 Å². The van der Waals surface area contributed by atoms with Gasteiger partial charge in [0.2, 0.25) is 5.41 Å². The molecule has 138 valence electrons. The highest BCUT2D eigenvalue weighted by molar-refractivity contribution is 6.68. The van der Waals surface area contributed by atoms with E-state index in [0.717, 1.165) is 25.1 Å². The van der Waals surface area contributed by atoms with Crippen molar-refractivity contribution in [2.24, 2.45) is 0 Å². The Hall–Kier alpha value is -0.923. The van der Waals surface area contributed by atoms with E-state index in [1.807, 2.05) is 31.7 Å². The Bertz CT molecular complexity index is 447. The van der Waals surface area contributed by atoms with Gasteiger partial charge in [0.05, 0.1) is 0 Å². The zero-order chi connectivity index (χ0) is 18.1. The summed E-state index contributed by atoms with van der Waals surface area (Å²) in [7, 11) is 2.32. The molecule has 0 fully saturated rings. The SMILES string of the molecule is CCC(OC)(OC)[Si](C)(OC)OC(C)CCCNc1ccccc1. The van der Waals surface area contributed by atoms with Gasteiger partial charge in [-0.1, -0.05) is 25.1 Å². The number of nitrogens with one attached hydrogen (secondary N) is 1. The van der Waals surface area contributed by atoms with E-state index in [0.29, 0.717) is 6.42 Å². The number of hydrogen-bond donors (Lipinski definition) is 1. The zero-order valence-electron chi connectivity index (χ0n) is 15.9. The fourth-order valence-electron chi connectivity index (χ4n) is 2.98. The van der Waals surface area contributed by atoms with Crippen LogP contribution in [0.15, 0.2) is 30.3 Å². The van der Waals surface area contributed by atoms with Crippen LogP contribution < -0.4 is 5.32 Å². The lowest BCUT2D eigenvalue weighted by molar-refractivity contribution is -0.178. The Labute approximate surface area is 147 Å². The maximum atomic E-state index is 6.32. The van der Waals surface area contributed by atoms with Crippen LogP contribution in [0, 0.1) is 0 Å². The van der Waals surface area contributed by atoms with E-state index in [-0.39, 0.29) is 6.10 Å². The Morgan fingerprint density at radius 1 is 1.12 bits per heavy atom. The summed E-state index contributed by atoms with van der Waals surface area (Å²) in [6, 6.07) is 10.2. The summed E-state index contributed by atoms with van der Waals surface area (Å²) in [5, 5.41) is 3.42. The van der Waals surface area contributed by atoms with Gasteiger partial charge in [-0.3, -0.25) is 0 Å². The van der Waals surface area contributed by atoms with E-state index < -0.39 is 14.0 Å². The molecular weight excluding hydrogens is 322 g/mol. The van der Waals surface area contributed by atoms with E-state index in [1.54, 1.807) is 21.3 Å². The third kappa shape index (κ3) is 5.29. The molecule has 2 unspecified atom stereocenters. The summed E-state index contributed by atoms with van der Waals surface area (Å²) < 4.78 is 23.4. The smallest absolute Gasteiger partial charge is 0.395 e. The molecule has 1 N–H and O–H groups in total. The number of para-hydroxylation sites is 1. The molecule has 0 radical (unpaired) electrons. The third-order valence-corrected chi connectivity index (χ3v) is 8.30. The summed E-state index contributed by atoms with van der Waals surface area (Å²) in [6.45, 7) is 7.02. The van der Waals surface area contributed by atoms with Gasteiger partial charge in [0.1, 0.15) is 0 Å². The first-order valence-corrected chi connectivity index (χ1v) is 10.9. The number of ether oxygens (including phenoxy) is 2. The van der Waals surface area contributed by atoms with Crippen molar-refractivity contribution < 1.29 is 18.3 Å². The molecule has 0 bridgehead atoms. The second-order valence-corrected chi connectivity index (χ2v) is 9.33. The second-order valence-electron chi connectivity index (χ2n) is 6.03. The van der Waals surface area contributed by atoms with Gasteiger partial charge in [-0.15, -0.1) is 0 Å². The van der Waals surface area contributed by atoms with Crippen molar-refractivity contribution in [2.75, 3.05) is 33.2 Å². The maximum absolute atomic E-state index is 6.32. The number of hydrogen-bond acceptors (Lipinski definition) is 5. The molecule has 5 nitrogen and oxygen atoms in total. The third-order valence-electron chi connectivity index (χ3n) is 4.52. The van der Waals surface area contributed by atoms with Gasteiger partial charge < -0.3 is 23.6 Å². The number of anilines is 1. The molecule has 0 amide bonds. The lowest BCUT2D eigenvalue weighted by Gasteiger charge is -2.42. The summed E-state index contributed by atoms with van der Waals surface area (Å²) >= 11 is 0. The van der Waals surface area contributed by atoms with E-state index >= 15 is 0 Å². The fraction of sp³-hybridized carbons (Fsp3) is 0.667. The molecule has 0 aliphatic heterocycles. The normalized spacial score (nSPS) is 15.8. The Kier molecular flexibility index (Phi) is 8.94. The predicted octanol–water partition coefficient (Wildman–Crippen LogP) is 3.94. The summed E-state index contributed by atoms with van der Waals surface area (Å²) in [5.74, 6) is 0. The first-order valence-electron chi connectivity index (χ1n) is 8.59. The van der Waals surface area contributed by atoms with Gasteiger partial charge in [0, 0.05) is 46.1 Å². The molecule has 1 rings (SSSR count). The summed E-state index contributed by atoms with van der Waals surface area (Å²) in [4.78, 5) is 0. The van der Waals surface area contributed by atoms with Crippen molar-refractivity contribution in [1.29, 1.82) is 0 Å². The first-order chi connectivity index (χ1) is 11.5. The summed E-state index contributed by atoms with van der Waals surface area (Å²) in [5.41, 5.74) is 0.351. The molecule has 0 aromatic heterocycles. The number of rotatable bonds is 12. The van der Waals surface area contributed by atoms with Crippen LogP contribution in [0.4, 0.5) is 5.69 Å². The maximum Gasteiger partial charge on any atom is 0.396 e. The molecule has 0 spiro atoms. The van der Waals surface area contributed by atoms with Crippen molar-refractivity contribution in [1.82, 2.24) is 0 Å². The van der Waals surface area contributed by atoms with Gasteiger partial charge in [0.15, 0.2) is 0 Å². The minimum atomic E-state index is -2.66.